The summed E-state index contributed by atoms with van der Waals surface area (Å²) in [6, 6.07) is 6.84. The molecule has 0 unspecified atom stereocenters. The predicted molar refractivity (Wildman–Crippen MR) is 96.6 cm³/mol. The summed E-state index contributed by atoms with van der Waals surface area (Å²) in [6.45, 7) is 2.61. The zero-order valence-electron chi connectivity index (χ0n) is 15.3. The zero-order valence-corrected chi connectivity index (χ0v) is 15.3. The second-order valence-corrected chi connectivity index (χ2v) is 6.75. The van der Waals surface area contributed by atoms with Gasteiger partial charge in [0.2, 0.25) is 0 Å². The van der Waals surface area contributed by atoms with Gasteiger partial charge in [0.05, 0.1) is 25.0 Å². The topological polar surface area (TPSA) is 68.3 Å². The van der Waals surface area contributed by atoms with E-state index in [1.54, 1.807) is 29.1 Å². The number of aromatic nitrogens is 4. The summed E-state index contributed by atoms with van der Waals surface area (Å²) in [4.78, 5) is 6.36. The number of rotatable bonds is 5. The number of aryl methyl sites for hydroxylation is 1. The molecule has 1 aliphatic rings. The second kappa shape index (κ2) is 7.13. The predicted octanol–water partition coefficient (Wildman–Crippen LogP) is 1.86. The van der Waals surface area contributed by atoms with E-state index in [0.29, 0.717) is 42.5 Å². The van der Waals surface area contributed by atoms with Gasteiger partial charge in [-0.2, -0.15) is 5.10 Å². The summed E-state index contributed by atoms with van der Waals surface area (Å²) in [5.74, 6) is 0.808. The number of benzene rings is 1. The van der Waals surface area contributed by atoms with Gasteiger partial charge < -0.3 is 14.4 Å². The highest BCUT2D eigenvalue weighted by atomic mass is 19.1. The molecule has 0 fully saturated rings. The second-order valence-electron chi connectivity index (χ2n) is 6.75. The number of hydrogen-bond donors (Lipinski definition) is 1. The van der Waals surface area contributed by atoms with Crippen LogP contribution in [-0.2, 0) is 26.7 Å². The van der Waals surface area contributed by atoms with Crippen LogP contribution < -0.4 is 4.74 Å². The lowest BCUT2D eigenvalue weighted by Crippen LogP contribution is -2.33. The molecule has 1 aliphatic heterocycles. The first kappa shape index (κ1) is 17.7. The summed E-state index contributed by atoms with van der Waals surface area (Å²) in [5, 5.41) is 15.1. The van der Waals surface area contributed by atoms with Crippen LogP contribution in [0, 0.1) is 5.82 Å². The van der Waals surface area contributed by atoms with Crippen LogP contribution in [0.25, 0.3) is 0 Å². The lowest BCUT2D eigenvalue weighted by Gasteiger charge is -2.27. The average Bonchev–Trinajstić information content (AvgIpc) is 3.28. The van der Waals surface area contributed by atoms with Crippen molar-refractivity contribution < 1.29 is 14.2 Å². The molecule has 0 bridgehead atoms. The van der Waals surface area contributed by atoms with Crippen molar-refractivity contribution in [3.05, 3.63) is 65.3 Å². The molecule has 2 aromatic heterocycles. The van der Waals surface area contributed by atoms with Gasteiger partial charge in [-0.3, -0.25) is 9.58 Å². The van der Waals surface area contributed by atoms with Crippen LogP contribution in [-0.4, -0.2) is 43.0 Å². The minimum Gasteiger partial charge on any atom is -0.497 e. The number of fused-ring (bicyclic) bond motifs is 1. The highest BCUT2D eigenvalue weighted by molar-refractivity contribution is 5.29. The Morgan fingerprint density at radius 3 is 2.85 bits per heavy atom. The summed E-state index contributed by atoms with van der Waals surface area (Å²) in [5.41, 5.74) is 2.22. The lowest BCUT2D eigenvalue weighted by molar-refractivity contribution is 0.193. The van der Waals surface area contributed by atoms with Crippen LogP contribution in [0.4, 0.5) is 4.39 Å². The number of nitrogens with zero attached hydrogens (tertiary/aromatic N) is 5. The molecule has 0 saturated carbocycles. The van der Waals surface area contributed by atoms with Gasteiger partial charge in [0.1, 0.15) is 17.4 Å². The highest BCUT2D eigenvalue weighted by Crippen LogP contribution is 2.24. The Labute approximate surface area is 156 Å². The molecule has 3 aromatic rings. The SMILES string of the molecule is COc1ccc(CN2CCn3nc([C@H](O)c4nccn4C)cc3C2)c(F)c1. The van der Waals surface area contributed by atoms with E-state index >= 15 is 0 Å². The molecule has 0 amide bonds. The third-order valence-electron chi connectivity index (χ3n) is 4.93. The Balaban J connectivity index is 1.49. The van der Waals surface area contributed by atoms with Crippen molar-refractivity contribution in [3.63, 3.8) is 0 Å². The first-order chi connectivity index (χ1) is 13.0. The Bertz CT molecular complexity index is 951. The van der Waals surface area contributed by atoms with Crippen LogP contribution in [0.3, 0.4) is 0 Å². The van der Waals surface area contributed by atoms with E-state index in [1.807, 2.05) is 17.8 Å². The molecule has 0 aliphatic carbocycles. The number of ether oxygens (including phenoxy) is 1. The van der Waals surface area contributed by atoms with E-state index in [2.05, 4.69) is 15.0 Å². The van der Waals surface area contributed by atoms with Gasteiger partial charge in [0.25, 0.3) is 0 Å². The molecule has 142 valence electrons. The van der Waals surface area contributed by atoms with Crippen molar-refractivity contribution in [1.82, 2.24) is 24.2 Å². The standard InChI is InChI=1S/C19H22FN5O2/c1-23-6-5-21-19(23)18(26)17-9-14-12-24(7-8-25(14)22-17)11-13-3-4-15(27-2)10-16(13)20/h3-6,9-10,18,26H,7-8,11-12H2,1-2H3/t18-/m0/s1. The van der Waals surface area contributed by atoms with Gasteiger partial charge in [0.15, 0.2) is 6.10 Å². The van der Waals surface area contributed by atoms with Gasteiger partial charge in [-0.1, -0.05) is 6.07 Å². The fraction of sp³-hybridized carbons (Fsp3) is 0.368. The van der Waals surface area contributed by atoms with Gasteiger partial charge in [-0.25, -0.2) is 9.37 Å². The van der Waals surface area contributed by atoms with E-state index in [9.17, 15) is 9.50 Å². The molecule has 0 saturated heterocycles. The molecule has 1 aromatic carbocycles. The number of methoxy groups -OCH3 is 1. The average molecular weight is 371 g/mol. The minimum atomic E-state index is -0.865. The fourth-order valence-electron chi connectivity index (χ4n) is 3.41. The summed E-state index contributed by atoms with van der Waals surface area (Å²) >= 11 is 0. The summed E-state index contributed by atoms with van der Waals surface area (Å²) in [6.07, 6.45) is 2.58. The molecular formula is C19H22FN5O2. The summed E-state index contributed by atoms with van der Waals surface area (Å²) < 4.78 is 23.0. The number of hydrogen-bond acceptors (Lipinski definition) is 5. The summed E-state index contributed by atoms with van der Waals surface area (Å²) in [7, 11) is 3.36. The molecule has 4 rings (SSSR count). The van der Waals surface area contributed by atoms with Gasteiger partial charge in [0, 0.05) is 50.7 Å². The van der Waals surface area contributed by atoms with Gasteiger partial charge >= 0.3 is 0 Å². The Hall–Kier alpha value is -2.71. The van der Waals surface area contributed by atoms with Crippen LogP contribution in [0.15, 0.2) is 36.7 Å². The van der Waals surface area contributed by atoms with Crippen molar-refractivity contribution in [2.75, 3.05) is 13.7 Å². The number of halogens is 1. The number of aliphatic hydroxyl groups is 1. The van der Waals surface area contributed by atoms with E-state index in [-0.39, 0.29) is 5.82 Å². The molecule has 0 radical (unpaired) electrons. The minimum absolute atomic E-state index is 0.265. The quantitative estimate of drug-likeness (QED) is 0.742. The maximum atomic E-state index is 14.2. The van der Waals surface area contributed by atoms with Crippen LogP contribution in [0.2, 0.25) is 0 Å². The third-order valence-corrected chi connectivity index (χ3v) is 4.93. The van der Waals surface area contributed by atoms with Gasteiger partial charge in [-0.15, -0.1) is 0 Å². The Kier molecular flexibility index (Phi) is 4.67. The van der Waals surface area contributed by atoms with E-state index in [1.165, 1.54) is 13.2 Å². The molecular weight excluding hydrogens is 349 g/mol. The number of aliphatic hydroxyl groups excluding tert-OH is 1. The van der Waals surface area contributed by atoms with Crippen molar-refractivity contribution in [1.29, 1.82) is 0 Å². The maximum absolute atomic E-state index is 14.2. The maximum Gasteiger partial charge on any atom is 0.155 e. The zero-order chi connectivity index (χ0) is 19.0. The smallest absolute Gasteiger partial charge is 0.155 e. The van der Waals surface area contributed by atoms with E-state index in [0.717, 1.165) is 12.2 Å². The molecule has 1 atom stereocenters. The lowest BCUT2D eigenvalue weighted by atomic mass is 10.1. The van der Waals surface area contributed by atoms with Crippen LogP contribution in [0.5, 0.6) is 5.75 Å². The molecule has 8 heteroatoms. The first-order valence-electron chi connectivity index (χ1n) is 8.82. The van der Waals surface area contributed by atoms with E-state index in [4.69, 9.17) is 4.74 Å². The first-order valence-corrected chi connectivity index (χ1v) is 8.82. The van der Waals surface area contributed by atoms with Gasteiger partial charge in [-0.05, 0) is 12.1 Å². The van der Waals surface area contributed by atoms with Crippen molar-refractivity contribution in [2.24, 2.45) is 7.05 Å². The molecule has 27 heavy (non-hydrogen) atoms. The van der Waals surface area contributed by atoms with Crippen LogP contribution >= 0.6 is 0 Å². The van der Waals surface area contributed by atoms with Crippen molar-refractivity contribution in [2.45, 2.75) is 25.7 Å². The molecule has 1 N–H and O–H groups in total. The van der Waals surface area contributed by atoms with Crippen molar-refractivity contribution in [3.8, 4) is 5.75 Å². The molecule has 7 nitrogen and oxygen atoms in total. The van der Waals surface area contributed by atoms with E-state index < -0.39 is 6.10 Å². The monoisotopic (exact) mass is 371 g/mol. The molecule has 0 spiro atoms. The fourth-order valence-corrected chi connectivity index (χ4v) is 3.41. The number of imidazole rings is 1. The Morgan fingerprint density at radius 1 is 1.30 bits per heavy atom. The van der Waals surface area contributed by atoms with Crippen LogP contribution in [0.1, 0.15) is 28.9 Å². The van der Waals surface area contributed by atoms with Crippen molar-refractivity contribution >= 4 is 0 Å². The molecule has 3 heterocycles. The Morgan fingerprint density at radius 2 is 2.15 bits per heavy atom. The third kappa shape index (κ3) is 3.45. The largest absolute Gasteiger partial charge is 0.497 e. The normalized spacial score (nSPS) is 15.6. The highest BCUT2D eigenvalue weighted by Gasteiger charge is 2.24.